The summed E-state index contributed by atoms with van der Waals surface area (Å²) in [5.41, 5.74) is 0.624. The maximum absolute atomic E-state index is 12.8. The molecule has 1 aromatic rings. The maximum Gasteiger partial charge on any atom is 0.325 e. The first kappa shape index (κ1) is 19.3. The highest BCUT2D eigenvalue weighted by molar-refractivity contribution is 6.09. The molecule has 8 nitrogen and oxygen atoms in total. The first-order chi connectivity index (χ1) is 12.9. The van der Waals surface area contributed by atoms with Gasteiger partial charge in [0, 0.05) is 39.3 Å². The van der Waals surface area contributed by atoms with E-state index < -0.39 is 17.5 Å². The van der Waals surface area contributed by atoms with Crippen molar-refractivity contribution < 1.29 is 14.4 Å². The third kappa shape index (κ3) is 4.28. The van der Waals surface area contributed by atoms with Crippen molar-refractivity contribution >= 4 is 17.8 Å². The summed E-state index contributed by atoms with van der Waals surface area (Å²) in [6.45, 7) is 8.43. The van der Waals surface area contributed by atoms with Gasteiger partial charge in [-0.2, -0.15) is 0 Å². The van der Waals surface area contributed by atoms with E-state index in [0.717, 1.165) is 43.2 Å². The molecular weight excluding hydrogens is 346 g/mol. The summed E-state index contributed by atoms with van der Waals surface area (Å²) in [6.07, 6.45) is 0. The third-order valence-corrected chi connectivity index (χ3v) is 5.17. The van der Waals surface area contributed by atoms with E-state index in [4.69, 9.17) is 0 Å². The summed E-state index contributed by atoms with van der Waals surface area (Å²) in [6, 6.07) is 6.90. The van der Waals surface area contributed by atoms with Crippen molar-refractivity contribution in [2.45, 2.75) is 19.4 Å². The Morgan fingerprint density at radius 1 is 1.19 bits per heavy atom. The monoisotopic (exact) mass is 373 g/mol. The van der Waals surface area contributed by atoms with Gasteiger partial charge in [-0.1, -0.05) is 29.8 Å². The quantitative estimate of drug-likeness (QED) is 0.600. The molecule has 1 unspecified atom stereocenters. The summed E-state index contributed by atoms with van der Waals surface area (Å²) < 4.78 is 0. The normalized spacial score (nSPS) is 23.4. The van der Waals surface area contributed by atoms with Crippen LogP contribution in [-0.2, 0) is 15.1 Å². The second-order valence-electron chi connectivity index (χ2n) is 7.25. The van der Waals surface area contributed by atoms with Crippen LogP contribution >= 0.6 is 0 Å². The standard InChI is InChI=1S/C19H27N5O3/c1-14-3-5-15(6-4-14)19(2)17(26)24(18(27)22-19)13-16(25)21-9-12-23-10-7-20-8-11-23/h3-6,20H,7-13H2,1-2H3,(H,21,25)(H,22,27). The van der Waals surface area contributed by atoms with Gasteiger partial charge in [-0.25, -0.2) is 4.79 Å². The van der Waals surface area contributed by atoms with Crippen molar-refractivity contribution in [3.05, 3.63) is 35.4 Å². The first-order valence-corrected chi connectivity index (χ1v) is 9.31. The molecule has 1 atom stereocenters. The SMILES string of the molecule is Cc1ccc(C2(C)NC(=O)N(CC(=O)NCCN3CCNCC3)C2=O)cc1. The molecule has 3 rings (SSSR count). The summed E-state index contributed by atoms with van der Waals surface area (Å²) in [5.74, 6) is -0.740. The Balaban J connectivity index is 1.55. The van der Waals surface area contributed by atoms with Gasteiger partial charge in [0.2, 0.25) is 5.91 Å². The number of carbonyl (C=O) groups excluding carboxylic acids is 3. The second kappa shape index (κ2) is 8.06. The number of hydrogen-bond donors (Lipinski definition) is 3. The van der Waals surface area contributed by atoms with Crippen LogP contribution in [0, 0.1) is 6.92 Å². The molecule has 2 aliphatic heterocycles. The fourth-order valence-electron chi connectivity index (χ4n) is 3.41. The Morgan fingerprint density at radius 3 is 2.52 bits per heavy atom. The largest absolute Gasteiger partial charge is 0.353 e. The van der Waals surface area contributed by atoms with E-state index in [1.807, 2.05) is 31.2 Å². The predicted octanol–water partition coefficient (Wildman–Crippen LogP) is -0.217. The number of piperazine rings is 1. The minimum Gasteiger partial charge on any atom is -0.353 e. The Hall–Kier alpha value is -2.45. The van der Waals surface area contributed by atoms with Gasteiger partial charge in [-0.3, -0.25) is 19.4 Å². The van der Waals surface area contributed by atoms with E-state index >= 15 is 0 Å². The molecule has 27 heavy (non-hydrogen) atoms. The van der Waals surface area contributed by atoms with E-state index in [1.165, 1.54) is 0 Å². The fourth-order valence-corrected chi connectivity index (χ4v) is 3.41. The van der Waals surface area contributed by atoms with Crippen LogP contribution in [0.5, 0.6) is 0 Å². The molecule has 0 aliphatic carbocycles. The number of imide groups is 1. The molecule has 0 bridgehead atoms. The van der Waals surface area contributed by atoms with E-state index in [1.54, 1.807) is 6.92 Å². The molecule has 8 heteroatoms. The zero-order chi connectivity index (χ0) is 19.4. The van der Waals surface area contributed by atoms with Gasteiger partial charge in [-0.05, 0) is 19.4 Å². The Kier molecular flexibility index (Phi) is 5.76. The number of hydrogen-bond acceptors (Lipinski definition) is 5. The molecule has 3 N–H and O–H groups in total. The molecule has 2 saturated heterocycles. The van der Waals surface area contributed by atoms with Gasteiger partial charge in [0.05, 0.1) is 0 Å². The molecule has 0 radical (unpaired) electrons. The molecule has 146 valence electrons. The van der Waals surface area contributed by atoms with Crippen LogP contribution in [0.1, 0.15) is 18.1 Å². The average molecular weight is 373 g/mol. The number of rotatable bonds is 6. The van der Waals surface area contributed by atoms with Crippen molar-refractivity contribution in [1.29, 1.82) is 0 Å². The van der Waals surface area contributed by atoms with Crippen LogP contribution < -0.4 is 16.0 Å². The van der Waals surface area contributed by atoms with E-state index in [2.05, 4.69) is 20.9 Å². The van der Waals surface area contributed by atoms with Crippen LogP contribution in [0.15, 0.2) is 24.3 Å². The molecule has 0 spiro atoms. The van der Waals surface area contributed by atoms with E-state index in [9.17, 15) is 14.4 Å². The number of amides is 4. The van der Waals surface area contributed by atoms with Gasteiger partial charge in [-0.15, -0.1) is 0 Å². The molecule has 2 heterocycles. The summed E-state index contributed by atoms with van der Waals surface area (Å²) in [5, 5.41) is 8.80. The molecule has 4 amide bonds. The predicted molar refractivity (Wildman–Crippen MR) is 101 cm³/mol. The number of benzene rings is 1. The Labute approximate surface area is 159 Å². The lowest BCUT2D eigenvalue weighted by Crippen LogP contribution is -2.47. The number of nitrogens with zero attached hydrogens (tertiary/aromatic N) is 2. The Morgan fingerprint density at radius 2 is 1.85 bits per heavy atom. The van der Waals surface area contributed by atoms with Gasteiger partial charge in [0.15, 0.2) is 0 Å². The zero-order valence-corrected chi connectivity index (χ0v) is 15.9. The van der Waals surface area contributed by atoms with Crippen LogP contribution in [0.3, 0.4) is 0 Å². The van der Waals surface area contributed by atoms with Crippen molar-refractivity contribution in [1.82, 2.24) is 25.8 Å². The zero-order valence-electron chi connectivity index (χ0n) is 15.9. The van der Waals surface area contributed by atoms with Gasteiger partial charge in [0.25, 0.3) is 5.91 Å². The lowest BCUT2D eigenvalue weighted by Gasteiger charge is -2.27. The average Bonchev–Trinajstić information content (AvgIpc) is 2.87. The first-order valence-electron chi connectivity index (χ1n) is 9.31. The topological polar surface area (TPSA) is 93.8 Å². The number of nitrogens with one attached hydrogen (secondary N) is 3. The van der Waals surface area contributed by atoms with E-state index in [0.29, 0.717) is 12.1 Å². The minimum atomic E-state index is -1.15. The fraction of sp³-hybridized carbons (Fsp3) is 0.526. The number of aryl methyl sites for hydroxylation is 1. The number of urea groups is 1. The van der Waals surface area contributed by atoms with Gasteiger partial charge >= 0.3 is 6.03 Å². The van der Waals surface area contributed by atoms with Crippen molar-refractivity contribution in [3.63, 3.8) is 0 Å². The highest BCUT2D eigenvalue weighted by Crippen LogP contribution is 2.28. The summed E-state index contributed by atoms with van der Waals surface area (Å²) in [7, 11) is 0. The minimum absolute atomic E-state index is 0.270. The lowest BCUT2D eigenvalue weighted by molar-refractivity contribution is -0.134. The van der Waals surface area contributed by atoms with Crippen molar-refractivity contribution in [2.75, 3.05) is 45.8 Å². The molecular formula is C19H27N5O3. The van der Waals surface area contributed by atoms with Crippen LogP contribution in [0.4, 0.5) is 4.79 Å². The molecule has 1 aromatic carbocycles. The smallest absolute Gasteiger partial charge is 0.325 e. The number of carbonyl (C=O) groups is 3. The van der Waals surface area contributed by atoms with Crippen LogP contribution in [0.2, 0.25) is 0 Å². The van der Waals surface area contributed by atoms with Crippen molar-refractivity contribution in [2.24, 2.45) is 0 Å². The summed E-state index contributed by atoms with van der Waals surface area (Å²) >= 11 is 0. The molecule has 0 aromatic heterocycles. The Bertz CT molecular complexity index is 715. The van der Waals surface area contributed by atoms with Crippen molar-refractivity contribution in [3.8, 4) is 0 Å². The highest BCUT2D eigenvalue weighted by Gasteiger charge is 2.49. The molecule has 0 saturated carbocycles. The second-order valence-corrected chi connectivity index (χ2v) is 7.25. The summed E-state index contributed by atoms with van der Waals surface area (Å²) in [4.78, 5) is 40.6. The highest BCUT2D eigenvalue weighted by atomic mass is 16.2. The van der Waals surface area contributed by atoms with Crippen LogP contribution in [-0.4, -0.2) is 73.5 Å². The van der Waals surface area contributed by atoms with Gasteiger partial charge in [0.1, 0.15) is 12.1 Å². The van der Waals surface area contributed by atoms with E-state index in [-0.39, 0.29) is 12.5 Å². The van der Waals surface area contributed by atoms with Crippen LogP contribution in [0.25, 0.3) is 0 Å². The maximum atomic E-state index is 12.8. The molecule has 2 fully saturated rings. The lowest BCUT2D eigenvalue weighted by atomic mass is 9.91. The molecule has 2 aliphatic rings. The third-order valence-electron chi connectivity index (χ3n) is 5.17. The van der Waals surface area contributed by atoms with Gasteiger partial charge < -0.3 is 16.0 Å².